The first-order chi connectivity index (χ1) is 9.34. The van der Waals surface area contributed by atoms with Crippen LogP contribution in [0.4, 0.5) is 5.69 Å². The van der Waals surface area contributed by atoms with Crippen LogP contribution in [0.5, 0.6) is 5.75 Å². The zero-order chi connectivity index (χ0) is 14.9. The van der Waals surface area contributed by atoms with Gasteiger partial charge in [-0.3, -0.25) is 0 Å². The first-order valence-electron chi connectivity index (χ1n) is 6.90. The van der Waals surface area contributed by atoms with E-state index in [2.05, 4.69) is 6.92 Å². The molecule has 2 unspecified atom stereocenters. The van der Waals surface area contributed by atoms with Crippen LogP contribution in [0.1, 0.15) is 32.6 Å². The van der Waals surface area contributed by atoms with Gasteiger partial charge in [-0.25, -0.2) is 8.42 Å². The molecule has 3 N–H and O–H groups in total. The summed E-state index contributed by atoms with van der Waals surface area (Å²) in [5.41, 5.74) is 5.67. The molecule has 112 valence electrons. The molecule has 1 saturated carbocycles. The summed E-state index contributed by atoms with van der Waals surface area (Å²) in [7, 11) is -1.94. The van der Waals surface area contributed by atoms with Crippen molar-refractivity contribution in [2.24, 2.45) is 5.92 Å². The molecular formula is C14H22N2O3S. The summed E-state index contributed by atoms with van der Waals surface area (Å²) >= 11 is 0. The largest absolute Gasteiger partial charge is 0.506 e. The minimum atomic E-state index is -3.57. The quantitative estimate of drug-likeness (QED) is 0.661. The van der Waals surface area contributed by atoms with Gasteiger partial charge in [-0.1, -0.05) is 19.8 Å². The molecule has 0 bridgehead atoms. The number of sulfonamides is 1. The smallest absolute Gasteiger partial charge is 0.243 e. The van der Waals surface area contributed by atoms with Gasteiger partial charge in [0.2, 0.25) is 10.0 Å². The lowest BCUT2D eigenvalue weighted by Gasteiger charge is -2.35. The van der Waals surface area contributed by atoms with E-state index in [4.69, 9.17) is 5.73 Å². The molecule has 1 aromatic rings. The minimum Gasteiger partial charge on any atom is -0.506 e. The molecule has 1 aliphatic rings. The molecule has 0 heterocycles. The predicted molar refractivity (Wildman–Crippen MR) is 78.9 cm³/mol. The Morgan fingerprint density at radius 3 is 2.55 bits per heavy atom. The third-order valence-electron chi connectivity index (χ3n) is 4.21. The molecular weight excluding hydrogens is 276 g/mol. The van der Waals surface area contributed by atoms with E-state index in [1.165, 1.54) is 22.5 Å². The van der Waals surface area contributed by atoms with Gasteiger partial charge in [0.25, 0.3) is 0 Å². The van der Waals surface area contributed by atoms with Crippen molar-refractivity contribution in [2.45, 2.75) is 43.5 Å². The van der Waals surface area contributed by atoms with Gasteiger partial charge < -0.3 is 10.8 Å². The zero-order valence-corrected chi connectivity index (χ0v) is 12.7. The molecule has 0 aliphatic heterocycles. The summed E-state index contributed by atoms with van der Waals surface area (Å²) in [6.45, 7) is 2.10. The number of phenols is 1. The molecule has 1 aromatic carbocycles. The van der Waals surface area contributed by atoms with Gasteiger partial charge in [-0.2, -0.15) is 4.31 Å². The van der Waals surface area contributed by atoms with Crippen molar-refractivity contribution < 1.29 is 13.5 Å². The number of nitrogens with two attached hydrogens (primary N) is 1. The van der Waals surface area contributed by atoms with Gasteiger partial charge in [0.05, 0.1) is 10.6 Å². The molecule has 20 heavy (non-hydrogen) atoms. The number of hydrogen-bond acceptors (Lipinski definition) is 4. The molecule has 0 amide bonds. The molecule has 2 rings (SSSR count). The molecule has 0 radical (unpaired) electrons. The first-order valence-corrected chi connectivity index (χ1v) is 8.34. The van der Waals surface area contributed by atoms with E-state index in [1.807, 2.05) is 0 Å². The molecule has 2 atom stereocenters. The summed E-state index contributed by atoms with van der Waals surface area (Å²) in [5.74, 6) is 0.260. The summed E-state index contributed by atoms with van der Waals surface area (Å²) in [4.78, 5) is 0.132. The van der Waals surface area contributed by atoms with Crippen LogP contribution in [0, 0.1) is 5.92 Å². The third-order valence-corrected chi connectivity index (χ3v) is 6.09. The van der Waals surface area contributed by atoms with Gasteiger partial charge in [-0.15, -0.1) is 0 Å². The Morgan fingerprint density at radius 2 is 1.95 bits per heavy atom. The number of nitrogens with zero attached hydrogens (tertiary/aromatic N) is 1. The number of aromatic hydroxyl groups is 1. The highest BCUT2D eigenvalue weighted by atomic mass is 32.2. The van der Waals surface area contributed by atoms with Crippen LogP contribution < -0.4 is 5.73 Å². The maximum Gasteiger partial charge on any atom is 0.243 e. The van der Waals surface area contributed by atoms with Crippen molar-refractivity contribution in [3.8, 4) is 5.75 Å². The highest BCUT2D eigenvalue weighted by Crippen LogP contribution is 2.32. The van der Waals surface area contributed by atoms with Gasteiger partial charge in [0, 0.05) is 13.1 Å². The Hall–Kier alpha value is -1.27. The van der Waals surface area contributed by atoms with Crippen molar-refractivity contribution in [3.05, 3.63) is 18.2 Å². The second-order valence-corrected chi connectivity index (χ2v) is 7.57. The predicted octanol–water partition coefficient (Wildman–Crippen LogP) is 2.17. The molecule has 5 nitrogen and oxygen atoms in total. The van der Waals surface area contributed by atoms with Crippen molar-refractivity contribution >= 4 is 15.7 Å². The third kappa shape index (κ3) is 2.76. The standard InChI is InChI=1S/C14H22N2O3S/c1-10-5-3-4-6-13(10)16(2)20(18,19)11-7-8-14(17)12(15)9-11/h7-10,13,17H,3-6,15H2,1-2H3. The van der Waals surface area contributed by atoms with Gasteiger partial charge in [-0.05, 0) is 37.0 Å². The SMILES string of the molecule is CC1CCCCC1N(C)S(=O)(=O)c1ccc(O)c(N)c1. The van der Waals surface area contributed by atoms with Crippen LogP contribution in [0.25, 0.3) is 0 Å². The molecule has 1 fully saturated rings. The summed E-state index contributed by atoms with van der Waals surface area (Å²) < 4.78 is 26.7. The second-order valence-electron chi connectivity index (χ2n) is 5.57. The monoisotopic (exact) mass is 298 g/mol. The fraction of sp³-hybridized carbons (Fsp3) is 0.571. The van der Waals surface area contributed by atoms with E-state index in [-0.39, 0.29) is 22.4 Å². The van der Waals surface area contributed by atoms with Crippen LogP contribution in [0.2, 0.25) is 0 Å². The zero-order valence-electron chi connectivity index (χ0n) is 11.9. The fourth-order valence-corrected chi connectivity index (χ4v) is 4.39. The van der Waals surface area contributed by atoms with Crippen LogP contribution in [0.3, 0.4) is 0 Å². The first kappa shape index (κ1) is 15.1. The Kier molecular flexibility index (Phi) is 4.25. The van der Waals surface area contributed by atoms with Crippen LogP contribution in [0.15, 0.2) is 23.1 Å². The Morgan fingerprint density at radius 1 is 1.30 bits per heavy atom. The molecule has 6 heteroatoms. The Labute approximate surface area is 120 Å². The molecule has 0 spiro atoms. The van der Waals surface area contributed by atoms with Gasteiger partial charge in [0.1, 0.15) is 5.75 Å². The maximum absolute atomic E-state index is 12.6. The van der Waals surface area contributed by atoms with Gasteiger partial charge in [0.15, 0.2) is 0 Å². The fourth-order valence-electron chi connectivity index (χ4n) is 2.87. The van der Waals surface area contributed by atoms with Crippen molar-refractivity contribution in [1.82, 2.24) is 4.31 Å². The number of nitrogen functional groups attached to an aromatic ring is 1. The second kappa shape index (κ2) is 5.61. The number of hydrogen-bond donors (Lipinski definition) is 2. The Balaban J connectivity index is 2.31. The lowest BCUT2D eigenvalue weighted by molar-refractivity contribution is 0.213. The Bertz CT molecular complexity index is 586. The van der Waals surface area contributed by atoms with E-state index in [0.717, 1.165) is 25.7 Å². The van der Waals surface area contributed by atoms with Gasteiger partial charge >= 0.3 is 0 Å². The minimum absolute atomic E-state index is 0.0313. The van der Waals surface area contributed by atoms with Crippen LogP contribution >= 0.6 is 0 Å². The number of anilines is 1. The number of rotatable bonds is 3. The lowest BCUT2D eigenvalue weighted by Crippen LogP contribution is -2.42. The van der Waals surface area contributed by atoms with Crippen LogP contribution in [-0.2, 0) is 10.0 Å². The number of phenolic OH excluding ortho intramolecular Hbond substituents is 1. The summed E-state index contributed by atoms with van der Waals surface area (Å²) in [6.07, 6.45) is 4.18. The van der Waals surface area contributed by atoms with E-state index in [1.54, 1.807) is 7.05 Å². The molecule has 0 saturated heterocycles. The normalized spacial score (nSPS) is 23.9. The lowest BCUT2D eigenvalue weighted by atomic mass is 9.86. The van der Waals surface area contributed by atoms with E-state index in [0.29, 0.717) is 5.92 Å². The van der Waals surface area contributed by atoms with E-state index < -0.39 is 10.0 Å². The average Bonchev–Trinajstić information content (AvgIpc) is 2.41. The number of benzene rings is 1. The van der Waals surface area contributed by atoms with E-state index >= 15 is 0 Å². The molecule has 0 aromatic heterocycles. The molecule has 1 aliphatic carbocycles. The highest BCUT2D eigenvalue weighted by Gasteiger charge is 2.33. The van der Waals surface area contributed by atoms with E-state index in [9.17, 15) is 13.5 Å². The van der Waals surface area contributed by atoms with Crippen LogP contribution in [-0.4, -0.2) is 30.9 Å². The summed E-state index contributed by atoms with van der Waals surface area (Å²) in [6, 6.07) is 4.06. The van der Waals surface area contributed by atoms with Crippen molar-refractivity contribution in [3.63, 3.8) is 0 Å². The maximum atomic E-state index is 12.6. The van der Waals surface area contributed by atoms with Crippen molar-refractivity contribution in [2.75, 3.05) is 12.8 Å². The highest BCUT2D eigenvalue weighted by molar-refractivity contribution is 7.89. The summed E-state index contributed by atoms with van der Waals surface area (Å²) in [5, 5.41) is 9.41. The van der Waals surface area contributed by atoms with Crippen molar-refractivity contribution in [1.29, 1.82) is 0 Å². The topological polar surface area (TPSA) is 83.6 Å². The average molecular weight is 298 g/mol.